The van der Waals surface area contributed by atoms with Crippen LogP contribution in [0.4, 0.5) is 0 Å². The maximum Gasteiger partial charge on any atom is 0.240 e. The predicted molar refractivity (Wildman–Crippen MR) is 81.7 cm³/mol. The van der Waals surface area contributed by atoms with Gasteiger partial charge in [-0.3, -0.25) is 0 Å². The topological polar surface area (TPSA) is 59.1 Å². The van der Waals surface area contributed by atoms with Gasteiger partial charge in [0.05, 0.1) is 9.90 Å². The number of aromatic nitrogens is 1. The third-order valence-electron chi connectivity index (χ3n) is 3.09. The van der Waals surface area contributed by atoms with Crippen LogP contribution in [-0.4, -0.2) is 19.9 Å². The van der Waals surface area contributed by atoms with Crippen LogP contribution < -0.4 is 4.72 Å². The molecule has 1 aromatic heterocycles. The van der Waals surface area contributed by atoms with E-state index in [9.17, 15) is 8.42 Å². The number of nitrogens with zero attached hydrogens (tertiary/aromatic N) is 1. The van der Waals surface area contributed by atoms with E-state index in [4.69, 9.17) is 0 Å². The Hall–Kier alpha value is -1.24. The Balaban J connectivity index is 2.02. The second-order valence-corrected chi connectivity index (χ2v) is 7.49. The van der Waals surface area contributed by atoms with Gasteiger partial charge in [0.1, 0.15) is 0 Å². The SMILES string of the molecule is Cc1csc(CCNS(=O)(=O)c2ccc(C)c(C)c2)n1. The molecule has 0 atom stereocenters. The zero-order valence-electron chi connectivity index (χ0n) is 11.8. The molecule has 0 fully saturated rings. The van der Waals surface area contributed by atoms with Crippen molar-refractivity contribution in [2.45, 2.75) is 32.1 Å². The third kappa shape index (κ3) is 3.65. The largest absolute Gasteiger partial charge is 0.247 e. The van der Waals surface area contributed by atoms with Crippen molar-refractivity contribution in [3.05, 3.63) is 45.4 Å². The molecule has 0 aliphatic carbocycles. The van der Waals surface area contributed by atoms with E-state index in [0.29, 0.717) is 17.9 Å². The quantitative estimate of drug-likeness (QED) is 0.923. The fourth-order valence-corrected chi connectivity index (χ4v) is 3.67. The lowest BCUT2D eigenvalue weighted by Gasteiger charge is -2.08. The van der Waals surface area contributed by atoms with Gasteiger partial charge >= 0.3 is 0 Å². The van der Waals surface area contributed by atoms with Gasteiger partial charge in [-0.25, -0.2) is 18.1 Å². The number of hydrogen-bond acceptors (Lipinski definition) is 4. The fourth-order valence-electron chi connectivity index (χ4n) is 1.77. The minimum Gasteiger partial charge on any atom is -0.247 e. The molecule has 0 saturated carbocycles. The first kappa shape index (κ1) is 15.2. The standard InChI is InChI=1S/C14H18N2O2S2/c1-10-4-5-13(8-11(10)2)20(17,18)15-7-6-14-16-12(3)9-19-14/h4-5,8-9,15H,6-7H2,1-3H3. The van der Waals surface area contributed by atoms with E-state index in [0.717, 1.165) is 21.8 Å². The molecule has 1 heterocycles. The van der Waals surface area contributed by atoms with Gasteiger partial charge in [-0.05, 0) is 44.0 Å². The fraction of sp³-hybridized carbons (Fsp3) is 0.357. The molecule has 0 amide bonds. The molecule has 0 aliphatic heterocycles. The first-order valence-corrected chi connectivity index (χ1v) is 8.73. The van der Waals surface area contributed by atoms with E-state index in [2.05, 4.69) is 9.71 Å². The molecule has 2 aromatic rings. The van der Waals surface area contributed by atoms with E-state index >= 15 is 0 Å². The summed E-state index contributed by atoms with van der Waals surface area (Å²) in [6.07, 6.45) is 0.614. The summed E-state index contributed by atoms with van der Waals surface area (Å²) in [6, 6.07) is 5.16. The normalized spacial score (nSPS) is 11.8. The molecular formula is C14H18N2O2S2. The summed E-state index contributed by atoms with van der Waals surface area (Å²) in [6.45, 7) is 6.16. The highest BCUT2D eigenvalue weighted by Gasteiger charge is 2.14. The Labute approximate surface area is 123 Å². The lowest BCUT2D eigenvalue weighted by molar-refractivity contribution is 0.581. The second kappa shape index (κ2) is 6.03. The molecule has 6 heteroatoms. The van der Waals surface area contributed by atoms with E-state index in [1.807, 2.05) is 32.2 Å². The van der Waals surface area contributed by atoms with Crippen LogP contribution in [0, 0.1) is 20.8 Å². The monoisotopic (exact) mass is 310 g/mol. The van der Waals surface area contributed by atoms with Crippen molar-refractivity contribution < 1.29 is 8.42 Å². The van der Waals surface area contributed by atoms with Crippen LogP contribution in [0.25, 0.3) is 0 Å². The number of benzene rings is 1. The summed E-state index contributed by atoms with van der Waals surface area (Å²) in [5.41, 5.74) is 3.03. The average Bonchev–Trinajstić information content (AvgIpc) is 2.78. The Morgan fingerprint density at radius 2 is 1.95 bits per heavy atom. The molecule has 0 saturated heterocycles. The maximum absolute atomic E-state index is 12.2. The summed E-state index contributed by atoms with van der Waals surface area (Å²) in [5.74, 6) is 0. The summed E-state index contributed by atoms with van der Waals surface area (Å²) in [4.78, 5) is 4.63. The first-order valence-electron chi connectivity index (χ1n) is 6.36. The van der Waals surface area contributed by atoms with Gasteiger partial charge in [-0.15, -0.1) is 11.3 Å². The lowest BCUT2D eigenvalue weighted by atomic mass is 10.1. The minimum absolute atomic E-state index is 0.316. The molecule has 4 nitrogen and oxygen atoms in total. The molecule has 0 radical (unpaired) electrons. The van der Waals surface area contributed by atoms with Gasteiger partial charge in [0.15, 0.2) is 0 Å². The zero-order chi connectivity index (χ0) is 14.8. The number of nitrogens with one attached hydrogen (secondary N) is 1. The maximum atomic E-state index is 12.2. The van der Waals surface area contributed by atoms with E-state index < -0.39 is 10.0 Å². The van der Waals surface area contributed by atoms with Crippen LogP contribution in [0.3, 0.4) is 0 Å². The van der Waals surface area contributed by atoms with Crippen LogP contribution in [-0.2, 0) is 16.4 Å². The summed E-state index contributed by atoms with van der Waals surface area (Å²) < 4.78 is 26.9. The van der Waals surface area contributed by atoms with Crippen molar-refractivity contribution >= 4 is 21.4 Å². The van der Waals surface area contributed by atoms with Gasteiger partial charge in [-0.2, -0.15) is 0 Å². The highest BCUT2D eigenvalue weighted by Crippen LogP contribution is 2.15. The molecule has 0 aliphatic rings. The van der Waals surface area contributed by atoms with Gasteiger partial charge < -0.3 is 0 Å². The minimum atomic E-state index is -3.44. The van der Waals surface area contributed by atoms with Gasteiger partial charge in [0, 0.05) is 24.0 Å². The van der Waals surface area contributed by atoms with Gasteiger partial charge in [0.25, 0.3) is 0 Å². The molecule has 1 N–H and O–H groups in total. The van der Waals surface area contributed by atoms with Crippen LogP contribution in [0.1, 0.15) is 21.8 Å². The van der Waals surface area contributed by atoms with E-state index in [-0.39, 0.29) is 0 Å². The number of sulfonamides is 1. The van der Waals surface area contributed by atoms with Crippen LogP contribution in [0.15, 0.2) is 28.5 Å². The van der Waals surface area contributed by atoms with Crippen molar-refractivity contribution in [1.82, 2.24) is 9.71 Å². The molecular weight excluding hydrogens is 292 g/mol. The zero-order valence-corrected chi connectivity index (χ0v) is 13.4. The highest BCUT2D eigenvalue weighted by molar-refractivity contribution is 7.89. The summed E-state index contributed by atoms with van der Waals surface area (Å²) in [7, 11) is -3.44. The van der Waals surface area contributed by atoms with Crippen molar-refractivity contribution in [1.29, 1.82) is 0 Å². The molecule has 108 valence electrons. The van der Waals surface area contributed by atoms with Crippen molar-refractivity contribution in [3.63, 3.8) is 0 Å². The molecule has 0 spiro atoms. The Kier molecular flexibility index (Phi) is 4.57. The van der Waals surface area contributed by atoms with Crippen LogP contribution >= 0.6 is 11.3 Å². The molecule has 0 bridgehead atoms. The van der Waals surface area contributed by atoms with Gasteiger partial charge in [0.2, 0.25) is 10.0 Å². The summed E-state index contributed by atoms with van der Waals surface area (Å²) >= 11 is 1.55. The van der Waals surface area contributed by atoms with E-state index in [1.54, 1.807) is 23.5 Å². The van der Waals surface area contributed by atoms with Crippen LogP contribution in [0.5, 0.6) is 0 Å². The predicted octanol–water partition coefficient (Wildman–Crippen LogP) is 2.59. The molecule has 20 heavy (non-hydrogen) atoms. The Morgan fingerprint density at radius 3 is 2.55 bits per heavy atom. The smallest absolute Gasteiger partial charge is 0.240 e. The Bertz CT molecular complexity index is 706. The van der Waals surface area contributed by atoms with E-state index in [1.165, 1.54) is 0 Å². The second-order valence-electron chi connectivity index (χ2n) is 4.78. The third-order valence-corrected chi connectivity index (χ3v) is 5.57. The number of hydrogen-bond donors (Lipinski definition) is 1. The van der Waals surface area contributed by atoms with Crippen molar-refractivity contribution in [3.8, 4) is 0 Å². The number of rotatable bonds is 5. The highest BCUT2D eigenvalue weighted by atomic mass is 32.2. The number of aryl methyl sites for hydroxylation is 3. The molecule has 0 unspecified atom stereocenters. The van der Waals surface area contributed by atoms with Gasteiger partial charge in [-0.1, -0.05) is 6.07 Å². The summed E-state index contributed by atoms with van der Waals surface area (Å²) in [5, 5.41) is 2.91. The number of thiazole rings is 1. The lowest BCUT2D eigenvalue weighted by Crippen LogP contribution is -2.26. The molecule has 1 aromatic carbocycles. The van der Waals surface area contributed by atoms with Crippen LogP contribution in [0.2, 0.25) is 0 Å². The van der Waals surface area contributed by atoms with Crippen molar-refractivity contribution in [2.75, 3.05) is 6.54 Å². The average molecular weight is 310 g/mol. The first-order chi connectivity index (χ1) is 9.38. The Morgan fingerprint density at radius 1 is 1.20 bits per heavy atom. The molecule has 2 rings (SSSR count). The van der Waals surface area contributed by atoms with Crippen molar-refractivity contribution in [2.24, 2.45) is 0 Å².